The zero-order chi connectivity index (χ0) is 14.7. The van der Waals surface area contributed by atoms with Crippen LogP contribution in [0.2, 0.25) is 0 Å². The molecule has 3 atom stereocenters. The summed E-state index contributed by atoms with van der Waals surface area (Å²) in [6.07, 6.45) is 9.33. The maximum absolute atomic E-state index is 6.94. The van der Waals surface area contributed by atoms with E-state index in [0.717, 1.165) is 38.2 Å². The first-order valence-electron chi connectivity index (χ1n) is 8.09. The number of aromatic nitrogens is 2. The molecule has 1 aromatic rings. The third-order valence-corrected chi connectivity index (χ3v) is 5.28. The number of rotatable bonds is 7. The van der Waals surface area contributed by atoms with Gasteiger partial charge in [0, 0.05) is 25.5 Å². The summed E-state index contributed by atoms with van der Waals surface area (Å²) < 4.78 is 5.89. The van der Waals surface area contributed by atoms with E-state index in [1.807, 2.05) is 0 Å². The summed E-state index contributed by atoms with van der Waals surface area (Å²) in [6.45, 7) is 6.02. The van der Waals surface area contributed by atoms with E-state index in [2.05, 4.69) is 21.8 Å². The smallest absolute Gasteiger partial charge is 0.237 e. The summed E-state index contributed by atoms with van der Waals surface area (Å²) in [6, 6.07) is 0. The molecule has 2 aliphatic heterocycles. The van der Waals surface area contributed by atoms with Gasteiger partial charge in [-0.05, 0) is 25.3 Å². The van der Waals surface area contributed by atoms with Crippen molar-refractivity contribution >= 4 is 11.6 Å². The van der Waals surface area contributed by atoms with Gasteiger partial charge in [-0.1, -0.05) is 26.2 Å². The summed E-state index contributed by atoms with van der Waals surface area (Å²) in [5.74, 6) is 1.11. The van der Waals surface area contributed by atoms with Crippen LogP contribution in [-0.2, 0) is 4.87 Å². The number of unbranched alkanes of at least 4 members (excludes halogenated alkanes) is 3. The number of halogens is 1. The van der Waals surface area contributed by atoms with Gasteiger partial charge in [0.2, 0.25) is 5.88 Å². The predicted octanol–water partition coefficient (Wildman–Crippen LogP) is 3.21. The summed E-state index contributed by atoms with van der Waals surface area (Å²) in [5.41, 5.74) is 0.842. The van der Waals surface area contributed by atoms with E-state index < -0.39 is 4.87 Å². The van der Waals surface area contributed by atoms with E-state index in [-0.39, 0.29) is 0 Å². The van der Waals surface area contributed by atoms with Gasteiger partial charge in [0.15, 0.2) is 0 Å². The van der Waals surface area contributed by atoms with E-state index in [1.54, 1.807) is 12.4 Å². The number of fused-ring (bicyclic) bond motifs is 2. The van der Waals surface area contributed by atoms with Crippen LogP contribution in [-0.4, -0.2) is 41.1 Å². The van der Waals surface area contributed by atoms with Gasteiger partial charge in [0.1, 0.15) is 10.6 Å². The molecule has 1 aromatic heterocycles. The first kappa shape index (κ1) is 15.0. The van der Waals surface area contributed by atoms with E-state index in [9.17, 15) is 0 Å². The molecule has 3 rings (SSSR count). The lowest BCUT2D eigenvalue weighted by molar-refractivity contribution is 0.271. The summed E-state index contributed by atoms with van der Waals surface area (Å²) in [7, 11) is 0. The van der Waals surface area contributed by atoms with Gasteiger partial charge in [-0.2, -0.15) is 0 Å². The predicted molar refractivity (Wildman–Crippen MR) is 83.7 cm³/mol. The second kappa shape index (κ2) is 6.49. The first-order valence-corrected chi connectivity index (χ1v) is 8.47. The van der Waals surface area contributed by atoms with Crippen LogP contribution in [0, 0.1) is 5.92 Å². The average Bonchev–Trinajstić information content (AvgIpc) is 3.08. The van der Waals surface area contributed by atoms with Gasteiger partial charge in [-0.25, -0.2) is 4.98 Å². The van der Waals surface area contributed by atoms with Crippen LogP contribution in [0.15, 0.2) is 12.4 Å². The molecule has 0 amide bonds. The summed E-state index contributed by atoms with van der Waals surface area (Å²) in [5, 5.41) is 0. The fourth-order valence-corrected chi connectivity index (χ4v) is 3.96. The van der Waals surface area contributed by atoms with Crippen molar-refractivity contribution < 1.29 is 4.74 Å². The molecule has 0 spiro atoms. The molecule has 0 radical (unpaired) electrons. The number of alkyl halides is 1. The van der Waals surface area contributed by atoms with Crippen molar-refractivity contribution in [1.29, 1.82) is 0 Å². The monoisotopic (exact) mass is 309 g/mol. The quantitative estimate of drug-likeness (QED) is 0.572. The van der Waals surface area contributed by atoms with Crippen molar-refractivity contribution in [1.82, 2.24) is 14.9 Å². The van der Waals surface area contributed by atoms with Crippen LogP contribution in [0.4, 0.5) is 0 Å². The molecular formula is C16H24ClN3O. The van der Waals surface area contributed by atoms with Crippen LogP contribution in [0.3, 0.4) is 0 Å². The third kappa shape index (κ3) is 3.02. The first-order chi connectivity index (χ1) is 10.2. The molecule has 3 unspecified atom stereocenters. The van der Waals surface area contributed by atoms with Gasteiger partial charge >= 0.3 is 0 Å². The largest absolute Gasteiger partial charge is 0.476 e. The lowest BCUT2D eigenvalue weighted by Gasteiger charge is -2.31. The molecule has 116 valence electrons. The highest BCUT2D eigenvalue weighted by Crippen LogP contribution is 2.49. The minimum absolute atomic E-state index is 0.411. The topological polar surface area (TPSA) is 38.3 Å². The number of piperidine rings is 1. The van der Waals surface area contributed by atoms with Crippen molar-refractivity contribution in [3.05, 3.63) is 18.1 Å². The van der Waals surface area contributed by atoms with Crippen molar-refractivity contribution in [2.24, 2.45) is 5.92 Å². The Morgan fingerprint density at radius 3 is 2.90 bits per heavy atom. The third-order valence-electron chi connectivity index (χ3n) is 4.67. The normalized spacial score (nSPS) is 30.8. The van der Waals surface area contributed by atoms with Crippen LogP contribution < -0.4 is 4.74 Å². The van der Waals surface area contributed by atoms with Crippen LogP contribution in [0.5, 0.6) is 5.88 Å². The van der Waals surface area contributed by atoms with Crippen molar-refractivity contribution in [2.75, 3.05) is 26.2 Å². The zero-order valence-electron chi connectivity index (χ0n) is 12.7. The lowest BCUT2D eigenvalue weighted by Crippen LogP contribution is -2.36. The standard InChI is InChI=1S/C16H24ClN3O/c1-2-3-4-5-10-21-15-14(18-7-8-19-15)16(17)12-20-9-6-13(16)11-20/h7-8,13H,2-6,9-12H2,1H3. The molecule has 21 heavy (non-hydrogen) atoms. The van der Waals surface area contributed by atoms with Crippen LogP contribution in [0.25, 0.3) is 0 Å². The Kier molecular flexibility index (Phi) is 4.65. The summed E-state index contributed by atoms with van der Waals surface area (Å²) in [4.78, 5) is 10.9. The van der Waals surface area contributed by atoms with Gasteiger partial charge in [0.25, 0.3) is 0 Å². The minimum atomic E-state index is -0.411. The van der Waals surface area contributed by atoms with E-state index >= 15 is 0 Å². The van der Waals surface area contributed by atoms with E-state index in [1.165, 1.54) is 19.3 Å². The number of hydrogen-bond donors (Lipinski definition) is 0. The highest BCUT2D eigenvalue weighted by molar-refractivity contribution is 6.24. The summed E-state index contributed by atoms with van der Waals surface area (Å²) >= 11 is 6.94. The Morgan fingerprint density at radius 1 is 1.33 bits per heavy atom. The molecule has 2 saturated heterocycles. The van der Waals surface area contributed by atoms with Crippen molar-refractivity contribution in [3.63, 3.8) is 0 Å². The Labute approximate surface area is 131 Å². The van der Waals surface area contributed by atoms with Gasteiger partial charge in [-0.3, -0.25) is 4.98 Å². The van der Waals surface area contributed by atoms with E-state index in [0.29, 0.717) is 18.4 Å². The zero-order valence-corrected chi connectivity index (χ0v) is 13.5. The second-order valence-corrected chi connectivity index (χ2v) is 6.88. The number of ether oxygens (including phenoxy) is 1. The highest BCUT2D eigenvalue weighted by Gasteiger charge is 2.52. The maximum Gasteiger partial charge on any atom is 0.237 e. The molecule has 0 aliphatic carbocycles. The Balaban J connectivity index is 1.68. The molecule has 0 aromatic carbocycles. The number of nitrogens with zero attached hydrogens (tertiary/aromatic N) is 3. The minimum Gasteiger partial charge on any atom is -0.476 e. The Morgan fingerprint density at radius 2 is 2.19 bits per heavy atom. The molecule has 3 heterocycles. The van der Waals surface area contributed by atoms with E-state index in [4.69, 9.17) is 16.3 Å². The fraction of sp³-hybridized carbons (Fsp3) is 0.750. The fourth-order valence-electron chi connectivity index (χ4n) is 3.49. The van der Waals surface area contributed by atoms with Gasteiger partial charge < -0.3 is 9.64 Å². The van der Waals surface area contributed by atoms with Gasteiger partial charge in [-0.15, -0.1) is 11.6 Å². The lowest BCUT2D eigenvalue weighted by atomic mass is 9.88. The Hall–Kier alpha value is -0.870. The number of hydrogen-bond acceptors (Lipinski definition) is 4. The van der Waals surface area contributed by atoms with Gasteiger partial charge in [0.05, 0.1) is 6.61 Å². The van der Waals surface area contributed by atoms with Crippen LogP contribution >= 0.6 is 11.6 Å². The molecule has 0 saturated carbocycles. The molecule has 2 aliphatic rings. The maximum atomic E-state index is 6.94. The molecule has 0 N–H and O–H groups in total. The van der Waals surface area contributed by atoms with Crippen molar-refractivity contribution in [2.45, 2.75) is 43.9 Å². The Bertz CT molecular complexity index is 484. The second-order valence-electron chi connectivity index (χ2n) is 6.20. The molecular weight excluding hydrogens is 286 g/mol. The average molecular weight is 310 g/mol. The molecule has 5 heteroatoms. The molecule has 2 bridgehead atoms. The van der Waals surface area contributed by atoms with Crippen LogP contribution in [0.1, 0.15) is 44.7 Å². The molecule has 2 fully saturated rings. The molecule has 4 nitrogen and oxygen atoms in total. The highest BCUT2D eigenvalue weighted by atomic mass is 35.5. The SMILES string of the molecule is CCCCCCOc1nccnc1C1(Cl)CN2CCC1C2. The van der Waals surface area contributed by atoms with Crippen molar-refractivity contribution in [3.8, 4) is 5.88 Å².